The smallest absolute Gasteiger partial charge is 0.305 e. The Morgan fingerprint density at radius 3 is 2.46 bits per heavy atom. The third-order valence-electron chi connectivity index (χ3n) is 13.0. The van der Waals surface area contributed by atoms with Gasteiger partial charge in [0.15, 0.2) is 9.84 Å². The van der Waals surface area contributed by atoms with E-state index in [2.05, 4.69) is 32.6 Å². The Kier molecular flexibility index (Phi) is 8.29. The number of rotatable bonds is 7. The molecule has 1 unspecified atom stereocenters. The molecule has 2 N–H and O–H groups in total. The summed E-state index contributed by atoms with van der Waals surface area (Å²) >= 11 is 0. The van der Waals surface area contributed by atoms with Crippen molar-refractivity contribution >= 4 is 15.8 Å². The Balaban J connectivity index is 1.13. The molecule has 10 atom stereocenters. The van der Waals surface area contributed by atoms with Gasteiger partial charge in [-0.2, -0.15) is 0 Å². The van der Waals surface area contributed by atoms with Gasteiger partial charge in [-0.1, -0.05) is 27.7 Å². The van der Waals surface area contributed by atoms with Crippen LogP contribution in [0.3, 0.4) is 0 Å². The van der Waals surface area contributed by atoms with Gasteiger partial charge in [-0.15, -0.1) is 0 Å². The standard InChI is InChI=1S/C31H53NO6S/c1-21(5-6-28(35)38-14-11-32-12-15-39(36,37)16-13-32)22-17-25-24-8-9-29(2)20-23(33)7-10-31(29,4)26(24)18-27(34)30(25,3)19-22/h21-27,33-34H,5-20H2,1-4H3/t21-,22+,23-,24+,25+,26?,27+,29-,30-,31-/m0/s1. The number of aliphatic hydroxyl groups excluding tert-OH is 2. The summed E-state index contributed by atoms with van der Waals surface area (Å²) in [5.41, 5.74) is 0.310. The van der Waals surface area contributed by atoms with Crippen molar-refractivity contribution in [1.82, 2.24) is 4.90 Å². The van der Waals surface area contributed by atoms with Crippen molar-refractivity contribution in [2.24, 2.45) is 45.8 Å². The van der Waals surface area contributed by atoms with Gasteiger partial charge in [0.1, 0.15) is 6.61 Å². The fourth-order valence-corrected chi connectivity index (χ4v) is 11.3. The van der Waals surface area contributed by atoms with Crippen LogP contribution < -0.4 is 0 Å². The summed E-state index contributed by atoms with van der Waals surface area (Å²) in [5, 5.41) is 22.1. The number of nitrogens with zero attached hydrogens (tertiary/aromatic N) is 1. The number of esters is 1. The number of aliphatic hydroxyl groups is 2. The highest BCUT2D eigenvalue weighted by Crippen LogP contribution is 2.70. The van der Waals surface area contributed by atoms with Gasteiger partial charge >= 0.3 is 5.97 Å². The minimum atomic E-state index is -2.89. The molecule has 5 fully saturated rings. The molecule has 0 aromatic heterocycles. The van der Waals surface area contributed by atoms with Gasteiger partial charge in [-0.25, -0.2) is 8.42 Å². The first kappa shape index (κ1) is 29.8. The van der Waals surface area contributed by atoms with Crippen molar-refractivity contribution < 1.29 is 28.2 Å². The van der Waals surface area contributed by atoms with E-state index in [-0.39, 0.29) is 45.9 Å². The molecule has 0 spiro atoms. The van der Waals surface area contributed by atoms with E-state index in [1.807, 2.05) is 0 Å². The molecule has 39 heavy (non-hydrogen) atoms. The first-order chi connectivity index (χ1) is 18.3. The fourth-order valence-electron chi connectivity index (χ4n) is 10.0. The molecule has 4 aliphatic carbocycles. The summed E-state index contributed by atoms with van der Waals surface area (Å²) < 4.78 is 28.7. The van der Waals surface area contributed by atoms with Crippen LogP contribution >= 0.6 is 0 Å². The monoisotopic (exact) mass is 567 g/mol. The molecule has 0 amide bonds. The molecule has 5 rings (SSSR count). The number of carbonyl (C=O) groups excluding carboxylic acids is 1. The zero-order valence-electron chi connectivity index (χ0n) is 24.7. The molecule has 0 aromatic carbocycles. The third-order valence-corrected chi connectivity index (χ3v) is 14.6. The lowest BCUT2D eigenvalue weighted by molar-refractivity contribution is -0.192. The Morgan fingerprint density at radius 2 is 1.74 bits per heavy atom. The second kappa shape index (κ2) is 10.9. The molecular formula is C31H53NO6S. The molecule has 1 aliphatic heterocycles. The largest absolute Gasteiger partial charge is 0.464 e. The van der Waals surface area contributed by atoms with Crippen molar-refractivity contribution in [2.75, 3.05) is 37.7 Å². The van der Waals surface area contributed by atoms with E-state index in [0.717, 1.165) is 44.9 Å². The minimum absolute atomic E-state index is 0.0409. The van der Waals surface area contributed by atoms with Crippen LogP contribution in [0.4, 0.5) is 0 Å². The minimum Gasteiger partial charge on any atom is -0.464 e. The zero-order chi connectivity index (χ0) is 28.2. The summed E-state index contributed by atoms with van der Waals surface area (Å²) in [4.78, 5) is 14.5. The summed E-state index contributed by atoms with van der Waals surface area (Å²) in [5.74, 6) is 2.87. The molecule has 224 valence electrons. The van der Waals surface area contributed by atoms with Gasteiger partial charge < -0.3 is 14.9 Å². The van der Waals surface area contributed by atoms with E-state index in [1.165, 1.54) is 12.8 Å². The van der Waals surface area contributed by atoms with E-state index in [1.54, 1.807) is 0 Å². The van der Waals surface area contributed by atoms with Gasteiger partial charge in [0.25, 0.3) is 0 Å². The number of ether oxygens (including phenoxy) is 1. The molecule has 0 bridgehead atoms. The molecule has 5 aliphatic rings. The molecule has 1 heterocycles. The molecule has 7 nitrogen and oxygen atoms in total. The summed E-state index contributed by atoms with van der Waals surface area (Å²) in [7, 11) is -2.89. The van der Waals surface area contributed by atoms with Crippen molar-refractivity contribution in [2.45, 2.75) is 104 Å². The van der Waals surface area contributed by atoms with Crippen LogP contribution in [0.25, 0.3) is 0 Å². The van der Waals surface area contributed by atoms with Crippen molar-refractivity contribution in [3.8, 4) is 0 Å². The van der Waals surface area contributed by atoms with Gasteiger partial charge in [-0.3, -0.25) is 9.69 Å². The highest BCUT2D eigenvalue weighted by Gasteiger charge is 2.65. The normalized spacial score (nSPS) is 46.5. The highest BCUT2D eigenvalue weighted by atomic mass is 32.2. The van der Waals surface area contributed by atoms with E-state index < -0.39 is 9.84 Å². The lowest BCUT2D eigenvalue weighted by atomic mass is 9.40. The molecule has 0 radical (unpaired) electrons. The van der Waals surface area contributed by atoms with Crippen LogP contribution in [-0.2, 0) is 19.4 Å². The molecule has 8 heteroatoms. The number of sulfone groups is 1. The Labute approximate surface area is 236 Å². The van der Waals surface area contributed by atoms with Crippen molar-refractivity contribution in [3.63, 3.8) is 0 Å². The highest BCUT2D eigenvalue weighted by molar-refractivity contribution is 7.91. The summed E-state index contributed by atoms with van der Waals surface area (Å²) in [6.45, 7) is 11.4. The topological polar surface area (TPSA) is 104 Å². The second-order valence-corrected chi connectivity index (χ2v) is 17.3. The van der Waals surface area contributed by atoms with Crippen LogP contribution in [-0.4, -0.2) is 79.5 Å². The predicted molar refractivity (Wildman–Crippen MR) is 152 cm³/mol. The molecule has 0 aromatic rings. The van der Waals surface area contributed by atoms with Gasteiger partial charge in [0.2, 0.25) is 0 Å². The van der Waals surface area contributed by atoms with Gasteiger partial charge in [0, 0.05) is 26.1 Å². The predicted octanol–water partition coefficient (Wildman–Crippen LogP) is 4.06. The third kappa shape index (κ3) is 5.58. The Bertz CT molecular complexity index is 1000. The van der Waals surface area contributed by atoms with Crippen LogP contribution in [0.15, 0.2) is 0 Å². The summed E-state index contributed by atoms with van der Waals surface area (Å²) in [6.07, 6.45) is 9.14. The number of hydrogen-bond donors (Lipinski definition) is 2. The van der Waals surface area contributed by atoms with Crippen LogP contribution in [0.5, 0.6) is 0 Å². The first-order valence-corrected chi connectivity index (χ1v) is 17.5. The van der Waals surface area contributed by atoms with E-state index >= 15 is 0 Å². The fraction of sp³-hybridized carbons (Fsp3) is 0.968. The lowest BCUT2D eigenvalue weighted by Crippen LogP contribution is -2.60. The average molecular weight is 568 g/mol. The maximum absolute atomic E-state index is 12.5. The second-order valence-electron chi connectivity index (χ2n) is 15.0. The SMILES string of the molecule is C[C@@H](CCC(=O)OCCN1CCS(=O)(=O)CC1)[C@@H]1C[C@@H]2[C@H]3CC[C@@]4(C)C[C@@H](O)CC[C@@]4(C)C3C[C@@H](O)[C@@]2(C)C1. The van der Waals surface area contributed by atoms with Crippen LogP contribution in [0.2, 0.25) is 0 Å². The maximum Gasteiger partial charge on any atom is 0.305 e. The van der Waals surface area contributed by atoms with Gasteiger partial charge in [-0.05, 0) is 104 Å². The van der Waals surface area contributed by atoms with E-state index in [4.69, 9.17) is 4.74 Å². The molecule has 4 saturated carbocycles. The Morgan fingerprint density at radius 1 is 1.03 bits per heavy atom. The lowest BCUT2D eigenvalue weighted by Gasteiger charge is -2.65. The average Bonchev–Trinajstić information content (AvgIpc) is 3.24. The first-order valence-electron chi connectivity index (χ1n) is 15.7. The Hall–Kier alpha value is -0.700. The molecular weight excluding hydrogens is 514 g/mol. The maximum atomic E-state index is 12.5. The molecule has 1 saturated heterocycles. The van der Waals surface area contributed by atoms with Crippen LogP contribution in [0, 0.1) is 45.8 Å². The van der Waals surface area contributed by atoms with Crippen molar-refractivity contribution in [3.05, 3.63) is 0 Å². The number of carbonyl (C=O) groups is 1. The van der Waals surface area contributed by atoms with E-state index in [0.29, 0.717) is 62.3 Å². The quantitative estimate of drug-likeness (QED) is 0.447. The summed E-state index contributed by atoms with van der Waals surface area (Å²) in [6, 6.07) is 0. The number of fused-ring (bicyclic) bond motifs is 5. The van der Waals surface area contributed by atoms with E-state index in [9.17, 15) is 23.4 Å². The number of hydrogen-bond acceptors (Lipinski definition) is 7. The van der Waals surface area contributed by atoms with Gasteiger partial charge in [0.05, 0.1) is 23.7 Å². The van der Waals surface area contributed by atoms with Crippen LogP contribution in [0.1, 0.15) is 91.9 Å². The van der Waals surface area contributed by atoms with Crippen molar-refractivity contribution in [1.29, 1.82) is 0 Å². The zero-order valence-corrected chi connectivity index (χ0v) is 25.6.